The van der Waals surface area contributed by atoms with Crippen LogP contribution in [0.2, 0.25) is 10.0 Å². The zero-order chi connectivity index (χ0) is 25.8. The lowest BCUT2D eigenvalue weighted by atomic mass is 10.0. The molecule has 3 rings (SSSR count). The molecule has 0 aliphatic rings. The van der Waals surface area contributed by atoms with Crippen molar-refractivity contribution in [1.82, 2.24) is 4.31 Å². The van der Waals surface area contributed by atoms with Crippen molar-refractivity contribution in [2.75, 3.05) is 11.9 Å². The molecule has 186 valence electrons. The van der Waals surface area contributed by atoms with Gasteiger partial charge in [-0.3, -0.25) is 4.79 Å². The Balaban J connectivity index is 1.97. The lowest BCUT2D eigenvalue weighted by Gasteiger charge is -2.23. The van der Waals surface area contributed by atoms with Gasteiger partial charge >= 0.3 is 0 Å². The van der Waals surface area contributed by atoms with E-state index in [1.807, 2.05) is 32.9 Å². The number of halogens is 3. The first-order chi connectivity index (χ1) is 16.5. The molecule has 9 heteroatoms. The number of amides is 1. The highest BCUT2D eigenvalue weighted by molar-refractivity contribution is 9.10. The maximum absolute atomic E-state index is 13.6. The van der Waals surface area contributed by atoms with Gasteiger partial charge in [0.15, 0.2) is 0 Å². The summed E-state index contributed by atoms with van der Waals surface area (Å²) in [6.45, 7) is 5.43. The maximum atomic E-state index is 13.6. The van der Waals surface area contributed by atoms with Crippen molar-refractivity contribution < 1.29 is 13.2 Å². The third-order valence-electron chi connectivity index (χ3n) is 5.63. The van der Waals surface area contributed by atoms with Gasteiger partial charge in [0.2, 0.25) is 15.9 Å². The highest BCUT2D eigenvalue weighted by Crippen LogP contribution is 2.29. The number of sulfonamides is 1. The molecule has 0 atom stereocenters. The molecular formula is C26H27BrCl2N2O3S. The molecule has 5 nitrogen and oxygen atoms in total. The van der Waals surface area contributed by atoms with E-state index in [4.69, 9.17) is 23.2 Å². The largest absolute Gasteiger partial charge is 0.324 e. The molecule has 0 spiro atoms. The van der Waals surface area contributed by atoms with Gasteiger partial charge in [0.05, 0.1) is 11.4 Å². The van der Waals surface area contributed by atoms with E-state index in [2.05, 4.69) is 21.2 Å². The molecule has 3 aromatic carbocycles. The Morgan fingerprint density at radius 2 is 1.54 bits per heavy atom. The fourth-order valence-electron chi connectivity index (χ4n) is 3.71. The number of carbonyl (C=O) groups is 1. The zero-order valence-corrected chi connectivity index (χ0v) is 23.7. The number of nitrogens with one attached hydrogen (secondary N) is 1. The number of anilines is 1. The Labute approximate surface area is 225 Å². The highest BCUT2D eigenvalue weighted by atomic mass is 79.9. The van der Waals surface area contributed by atoms with Gasteiger partial charge in [0.1, 0.15) is 0 Å². The molecule has 0 heterocycles. The van der Waals surface area contributed by atoms with Crippen molar-refractivity contribution >= 4 is 60.7 Å². The molecule has 0 radical (unpaired) electrons. The quantitative estimate of drug-likeness (QED) is 0.288. The summed E-state index contributed by atoms with van der Waals surface area (Å²) in [5, 5.41) is 3.73. The van der Waals surface area contributed by atoms with Crippen LogP contribution in [0.1, 0.15) is 36.1 Å². The van der Waals surface area contributed by atoms with Crippen molar-refractivity contribution in [3.05, 3.63) is 91.4 Å². The predicted octanol–water partition coefficient (Wildman–Crippen LogP) is 7.02. The minimum atomic E-state index is -3.99. The Kier molecular flexibility index (Phi) is 9.40. The smallest absolute Gasteiger partial charge is 0.243 e. The first-order valence-corrected chi connectivity index (χ1v) is 14.2. The number of rotatable bonds is 9. The average molecular weight is 598 g/mol. The minimum absolute atomic E-state index is 0.0821. The van der Waals surface area contributed by atoms with Gasteiger partial charge in [-0.2, -0.15) is 4.31 Å². The molecule has 0 aliphatic heterocycles. The van der Waals surface area contributed by atoms with Crippen LogP contribution in [0.25, 0.3) is 0 Å². The van der Waals surface area contributed by atoms with Crippen molar-refractivity contribution in [3.8, 4) is 0 Å². The second-order valence-electron chi connectivity index (χ2n) is 8.18. The van der Waals surface area contributed by atoms with Crippen LogP contribution >= 0.6 is 39.1 Å². The minimum Gasteiger partial charge on any atom is -0.324 e. The number of hydrogen-bond acceptors (Lipinski definition) is 3. The topological polar surface area (TPSA) is 66.5 Å². The first kappa shape index (κ1) is 27.7. The van der Waals surface area contributed by atoms with E-state index in [0.717, 1.165) is 31.2 Å². The second-order valence-corrected chi connectivity index (χ2v) is 11.9. The van der Waals surface area contributed by atoms with Crippen LogP contribution in [0.15, 0.2) is 64.0 Å². The van der Waals surface area contributed by atoms with Gasteiger partial charge in [-0.25, -0.2) is 8.42 Å². The molecule has 1 amide bonds. The van der Waals surface area contributed by atoms with Crippen LogP contribution in [-0.2, 0) is 34.2 Å². The molecule has 0 saturated heterocycles. The molecule has 0 unspecified atom stereocenters. The molecule has 3 aromatic rings. The molecule has 0 bridgehead atoms. The third-order valence-corrected chi connectivity index (χ3v) is 8.48. The Morgan fingerprint density at radius 1 is 0.943 bits per heavy atom. The molecule has 0 saturated carbocycles. The predicted molar refractivity (Wildman–Crippen MR) is 147 cm³/mol. The van der Waals surface area contributed by atoms with E-state index in [9.17, 15) is 13.2 Å². The van der Waals surface area contributed by atoms with Crippen LogP contribution in [-0.4, -0.2) is 25.2 Å². The van der Waals surface area contributed by atoms with E-state index in [1.165, 1.54) is 12.1 Å². The van der Waals surface area contributed by atoms with Crippen molar-refractivity contribution in [3.63, 3.8) is 0 Å². The summed E-state index contributed by atoms with van der Waals surface area (Å²) < 4.78 is 29.2. The Bertz CT molecular complexity index is 1300. The third kappa shape index (κ3) is 6.86. The van der Waals surface area contributed by atoms with Crippen LogP contribution in [0.5, 0.6) is 0 Å². The maximum Gasteiger partial charge on any atom is 0.243 e. The fourth-order valence-corrected chi connectivity index (χ4v) is 6.10. The van der Waals surface area contributed by atoms with Crippen LogP contribution in [0, 0.1) is 6.92 Å². The van der Waals surface area contributed by atoms with E-state index < -0.39 is 15.9 Å². The van der Waals surface area contributed by atoms with Crippen molar-refractivity contribution in [2.45, 2.75) is 45.1 Å². The number of carbonyl (C=O) groups excluding carboxylic acids is 1. The average Bonchev–Trinajstić information content (AvgIpc) is 2.81. The van der Waals surface area contributed by atoms with Crippen molar-refractivity contribution in [2.24, 2.45) is 0 Å². The lowest BCUT2D eigenvalue weighted by Crippen LogP contribution is -2.38. The SMILES string of the molecule is CCc1cc(Br)cc(CC)c1NC(=O)CN(Cc1ccc(Cl)cc1Cl)S(=O)(=O)c1ccc(C)cc1. The molecular weight excluding hydrogens is 571 g/mol. The fraction of sp³-hybridized carbons (Fsp3) is 0.269. The first-order valence-electron chi connectivity index (χ1n) is 11.2. The normalized spacial score (nSPS) is 11.6. The van der Waals surface area contributed by atoms with E-state index >= 15 is 0 Å². The lowest BCUT2D eigenvalue weighted by molar-refractivity contribution is -0.116. The van der Waals surface area contributed by atoms with Gasteiger partial charge in [-0.05, 0) is 72.9 Å². The van der Waals surface area contributed by atoms with Crippen LogP contribution < -0.4 is 5.32 Å². The summed E-state index contributed by atoms with van der Waals surface area (Å²) >= 11 is 15.9. The molecule has 1 N–H and O–H groups in total. The second kappa shape index (κ2) is 11.9. The van der Waals surface area contributed by atoms with Gasteiger partial charge < -0.3 is 5.32 Å². The Morgan fingerprint density at radius 3 is 2.09 bits per heavy atom. The molecule has 0 aromatic heterocycles. The molecule has 0 aliphatic carbocycles. The Hall–Kier alpha value is -1.90. The molecule has 35 heavy (non-hydrogen) atoms. The number of hydrogen-bond donors (Lipinski definition) is 1. The van der Waals surface area contributed by atoms with Crippen molar-refractivity contribution in [1.29, 1.82) is 0 Å². The van der Waals surface area contributed by atoms with Gasteiger partial charge in [-0.15, -0.1) is 0 Å². The van der Waals surface area contributed by atoms with Gasteiger partial charge in [-0.1, -0.05) is 76.7 Å². The standard InChI is InChI=1S/C26H27BrCl2N2O3S/c1-4-18-12-21(27)13-19(5-2)26(18)30-25(32)16-31(15-20-8-9-22(28)14-24(20)29)35(33,34)23-10-6-17(3)7-11-23/h6-14H,4-5,15-16H2,1-3H3,(H,30,32). The summed E-state index contributed by atoms with van der Waals surface area (Å²) in [7, 11) is -3.99. The zero-order valence-electron chi connectivity index (χ0n) is 19.7. The summed E-state index contributed by atoms with van der Waals surface area (Å²) in [5.41, 5.74) is 4.15. The van der Waals surface area contributed by atoms with E-state index in [0.29, 0.717) is 28.5 Å². The molecule has 0 fully saturated rings. The van der Waals surface area contributed by atoms with Gasteiger partial charge in [0, 0.05) is 26.8 Å². The number of benzene rings is 3. The van der Waals surface area contributed by atoms with Crippen LogP contribution in [0.3, 0.4) is 0 Å². The van der Waals surface area contributed by atoms with E-state index in [-0.39, 0.29) is 18.0 Å². The van der Waals surface area contributed by atoms with E-state index in [1.54, 1.807) is 30.3 Å². The number of aryl methyl sites for hydroxylation is 3. The number of nitrogens with zero attached hydrogens (tertiary/aromatic N) is 1. The summed E-state index contributed by atoms with van der Waals surface area (Å²) in [6, 6.07) is 15.3. The van der Waals surface area contributed by atoms with Crippen LogP contribution in [0.4, 0.5) is 5.69 Å². The van der Waals surface area contributed by atoms with Gasteiger partial charge in [0.25, 0.3) is 0 Å². The monoisotopic (exact) mass is 596 g/mol. The summed E-state index contributed by atoms with van der Waals surface area (Å²) in [5.74, 6) is -0.433. The highest BCUT2D eigenvalue weighted by Gasteiger charge is 2.28. The summed E-state index contributed by atoms with van der Waals surface area (Å²) in [6.07, 6.45) is 1.43. The summed E-state index contributed by atoms with van der Waals surface area (Å²) in [4.78, 5) is 13.3.